The van der Waals surface area contributed by atoms with E-state index in [2.05, 4.69) is 51.6 Å². The lowest BCUT2D eigenvalue weighted by atomic mass is 9.85. The van der Waals surface area contributed by atoms with E-state index in [-0.39, 0.29) is 28.0 Å². The minimum atomic E-state index is -2.00. The predicted octanol–water partition coefficient (Wildman–Crippen LogP) is 4.47. The number of aromatic nitrogens is 5. The molecule has 0 fully saturated rings. The molecule has 1 aliphatic rings. The van der Waals surface area contributed by atoms with Gasteiger partial charge < -0.3 is 10.6 Å². The van der Waals surface area contributed by atoms with Crippen molar-refractivity contribution in [1.82, 2.24) is 29.6 Å². The highest BCUT2D eigenvalue weighted by molar-refractivity contribution is 5.77. The number of hydrogen-bond donors (Lipinski definition) is 2. The molecular formula is C26H29F2N7O. The van der Waals surface area contributed by atoms with Crippen LogP contribution in [0.5, 0.6) is 0 Å². The lowest BCUT2D eigenvalue weighted by Gasteiger charge is -2.34. The van der Waals surface area contributed by atoms with E-state index in [9.17, 15) is 13.6 Å². The fraction of sp³-hybridized carbons (Fsp3) is 0.385. The second-order valence-corrected chi connectivity index (χ2v) is 10.0. The minimum Gasteiger partial charge on any atom is -0.324 e. The molecule has 0 aliphatic carbocycles. The Labute approximate surface area is 207 Å². The Morgan fingerprint density at radius 2 is 1.97 bits per heavy atom. The molecule has 0 spiro atoms. The highest BCUT2D eigenvalue weighted by Crippen LogP contribution is 2.31. The van der Waals surface area contributed by atoms with Crippen molar-refractivity contribution in [3.63, 3.8) is 0 Å². The normalized spacial score (nSPS) is 15.2. The molecule has 0 amide bonds. The van der Waals surface area contributed by atoms with Crippen molar-refractivity contribution in [3.05, 3.63) is 69.5 Å². The van der Waals surface area contributed by atoms with Gasteiger partial charge in [0.15, 0.2) is 11.5 Å². The van der Waals surface area contributed by atoms with Crippen LogP contribution in [0.1, 0.15) is 51.4 Å². The van der Waals surface area contributed by atoms with E-state index in [1.54, 1.807) is 6.92 Å². The second kappa shape index (κ2) is 8.48. The van der Waals surface area contributed by atoms with E-state index >= 15 is 0 Å². The monoisotopic (exact) mass is 493 g/mol. The van der Waals surface area contributed by atoms with Crippen molar-refractivity contribution in [2.75, 3.05) is 11.9 Å². The van der Waals surface area contributed by atoms with Crippen LogP contribution in [0.3, 0.4) is 0 Å². The van der Waals surface area contributed by atoms with Crippen molar-refractivity contribution < 1.29 is 8.78 Å². The summed E-state index contributed by atoms with van der Waals surface area (Å²) in [5.41, 5.74) is 0.870. The van der Waals surface area contributed by atoms with E-state index in [0.29, 0.717) is 18.1 Å². The first kappa shape index (κ1) is 24.1. The molecule has 0 saturated heterocycles. The van der Waals surface area contributed by atoms with Crippen LogP contribution in [0.25, 0.3) is 16.9 Å². The van der Waals surface area contributed by atoms with Gasteiger partial charge in [-0.25, -0.2) is 28.1 Å². The Morgan fingerprint density at radius 3 is 2.69 bits per heavy atom. The molecule has 0 atom stereocenters. The van der Waals surface area contributed by atoms with Crippen LogP contribution in [-0.2, 0) is 24.2 Å². The molecule has 5 rings (SSSR count). The maximum atomic E-state index is 14.6. The van der Waals surface area contributed by atoms with Gasteiger partial charge in [-0.1, -0.05) is 6.07 Å². The zero-order chi connectivity index (χ0) is 25.8. The van der Waals surface area contributed by atoms with Crippen molar-refractivity contribution in [3.8, 4) is 5.82 Å². The Morgan fingerprint density at radius 1 is 1.19 bits per heavy atom. The first-order chi connectivity index (χ1) is 17.0. The first-order valence-corrected chi connectivity index (χ1v) is 12.0. The second-order valence-electron chi connectivity index (χ2n) is 10.0. The summed E-state index contributed by atoms with van der Waals surface area (Å²) in [6.07, 6.45) is 2.38. The average molecular weight is 494 g/mol. The van der Waals surface area contributed by atoms with Gasteiger partial charge in [0.2, 0.25) is 5.95 Å². The zero-order valence-corrected chi connectivity index (χ0v) is 21.0. The largest absolute Gasteiger partial charge is 0.324 e. The van der Waals surface area contributed by atoms with Gasteiger partial charge in [-0.2, -0.15) is 4.98 Å². The predicted molar refractivity (Wildman–Crippen MR) is 135 cm³/mol. The van der Waals surface area contributed by atoms with Crippen LogP contribution < -0.4 is 16.2 Å². The lowest BCUT2D eigenvalue weighted by Crippen LogP contribution is -2.42. The molecule has 0 bridgehead atoms. The molecular weight excluding hydrogens is 464 g/mol. The van der Waals surface area contributed by atoms with Gasteiger partial charge in [0, 0.05) is 24.0 Å². The minimum absolute atomic E-state index is 0.101. The third kappa shape index (κ3) is 4.05. The SMILES string of the molecule is CCn1c(=O)c2cnc(Nc3ccc4c(c3)CCNC4(C)C)nc2n1-c1ccc(F)c(C(C)(C)F)n1. The summed E-state index contributed by atoms with van der Waals surface area (Å²) in [7, 11) is 0. The maximum Gasteiger partial charge on any atom is 0.278 e. The number of alkyl halides is 1. The first-order valence-electron chi connectivity index (χ1n) is 12.0. The molecule has 3 aromatic heterocycles. The molecule has 1 aromatic carbocycles. The van der Waals surface area contributed by atoms with Crippen LogP contribution >= 0.6 is 0 Å². The fourth-order valence-electron chi connectivity index (χ4n) is 4.80. The number of anilines is 2. The summed E-state index contributed by atoms with van der Waals surface area (Å²) in [6, 6.07) is 8.72. The Kier molecular flexibility index (Phi) is 5.66. The molecule has 8 nitrogen and oxygen atoms in total. The van der Waals surface area contributed by atoms with E-state index in [1.165, 1.54) is 46.6 Å². The maximum absolute atomic E-state index is 14.6. The van der Waals surface area contributed by atoms with Gasteiger partial charge in [-0.05, 0) is 83.0 Å². The van der Waals surface area contributed by atoms with E-state index in [1.807, 2.05) is 6.07 Å². The van der Waals surface area contributed by atoms with Crippen LogP contribution in [-0.4, -0.2) is 30.9 Å². The molecule has 2 N–H and O–H groups in total. The number of pyridine rings is 1. The number of nitrogens with one attached hydrogen (secondary N) is 2. The summed E-state index contributed by atoms with van der Waals surface area (Å²) in [6.45, 7) is 9.80. The molecule has 0 unspecified atom stereocenters. The van der Waals surface area contributed by atoms with Crippen molar-refractivity contribution in [2.45, 2.75) is 58.8 Å². The molecule has 4 heterocycles. The third-order valence-electron chi connectivity index (χ3n) is 6.58. The summed E-state index contributed by atoms with van der Waals surface area (Å²) in [4.78, 5) is 26.2. The Hall–Kier alpha value is -3.66. The smallest absolute Gasteiger partial charge is 0.278 e. The Balaban J connectivity index is 1.60. The van der Waals surface area contributed by atoms with Crippen molar-refractivity contribution in [1.29, 1.82) is 0 Å². The van der Waals surface area contributed by atoms with Gasteiger partial charge in [-0.3, -0.25) is 4.79 Å². The highest BCUT2D eigenvalue weighted by atomic mass is 19.1. The van der Waals surface area contributed by atoms with E-state index < -0.39 is 11.5 Å². The summed E-state index contributed by atoms with van der Waals surface area (Å²) < 4.78 is 31.9. The highest BCUT2D eigenvalue weighted by Gasteiger charge is 2.28. The number of fused-ring (bicyclic) bond motifs is 2. The van der Waals surface area contributed by atoms with E-state index in [4.69, 9.17) is 0 Å². The number of benzene rings is 1. The molecule has 4 aromatic rings. The third-order valence-corrected chi connectivity index (χ3v) is 6.58. The molecule has 36 heavy (non-hydrogen) atoms. The van der Waals surface area contributed by atoms with Gasteiger partial charge in [0.1, 0.15) is 22.6 Å². The lowest BCUT2D eigenvalue weighted by molar-refractivity contribution is 0.205. The van der Waals surface area contributed by atoms with Gasteiger partial charge in [0.05, 0.1) is 0 Å². The zero-order valence-electron chi connectivity index (χ0n) is 21.0. The molecule has 0 saturated carbocycles. The van der Waals surface area contributed by atoms with Crippen molar-refractivity contribution >= 4 is 22.7 Å². The number of nitrogens with zero attached hydrogens (tertiary/aromatic N) is 5. The quantitative estimate of drug-likeness (QED) is 0.427. The molecule has 10 heteroatoms. The average Bonchev–Trinajstić information content (AvgIpc) is 3.09. The van der Waals surface area contributed by atoms with Gasteiger partial charge >= 0.3 is 0 Å². The van der Waals surface area contributed by atoms with Gasteiger partial charge in [0.25, 0.3) is 5.56 Å². The topological polar surface area (TPSA) is 89.7 Å². The standard InChI is InChI=1S/C26H29F2N7O/c1-6-34-23(36)17-14-29-24(31-16-7-8-18-15(13-16)11-12-30-26(18,4)5)33-22(17)35(34)20-10-9-19(27)21(32-20)25(2,3)28/h7-10,13-14,30H,6,11-12H2,1-5H3,(H,29,31,33). The van der Waals surface area contributed by atoms with E-state index in [0.717, 1.165) is 24.7 Å². The molecule has 1 aliphatic heterocycles. The van der Waals surface area contributed by atoms with Crippen LogP contribution in [0.15, 0.2) is 41.3 Å². The summed E-state index contributed by atoms with van der Waals surface area (Å²) in [5.74, 6) is -0.263. The number of halogens is 2. The van der Waals surface area contributed by atoms with Crippen LogP contribution in [0.2, 0.25) is 0 Å². The molecule has 188 valence electrons. The summed E-state index contributed by atoms with van der Waals surface area (Å²) in [5, 5.41) is 7.04. The van der Waals surface area contributed by atoms with Crippen LogP contribution in [0.4, 0.5) is 20.4 Å². The van der Waals surface area contributed by atoms with Crippen molar-refractivity contribution in [2.24, 2.45) is 0 Å². The van der Waals surface area contributed by atoms with Crippen LogP contribution in [0, 0.1) is 5.82 Å². The van der Waals surface area contributed by atoms with Gasteiger partial charge in [-0.15, -0.1) is 0 Å². The summed E-state index contributed by atoms with van der Waals surface area (Å²) >= 11 is 0. The molecule has 0 radical (unpaired) electrons. The number of rotatable bonds is 5. The Bertz CT molecular complexity index is 1530. The fourth-order valence-corrected chi connectivity index (χ4v) is 4.80. The number of hydrogen-bond acceptors (Lipinski definition) is 6.